The smallest absolute Gasteiger partial charge is 0.243 e. The van der Waals surface area contributed by atoms with Gasteiger partial charge >= 0.3 is 0 Å². The van der Waals surface area contributed by atoms with Gasteiger partial charge in [0, 0.05) is 25.2 Å². The van der Waals surface area contributed by atoms with Crippen LogP contribution >= 0.6 is 0 Å². The number of aryl methyl sites for hydroxylation is 1. The predicted molar refractivity (Wildman–Crippen MR) is 83.8 cm³/mol. The lowest BCUT2D eigenvalue weighted by molar-refractivity contribution is 0.117. The highest BCUT2D eigenvalue weighted by molar-refractivity contribution is 7.89. The molecule has 1 aromatic rings. The second-order valence-corrected chi connectivity index (χ2v) is 8.17. The molecule has 0 saturated carbocycles. The summed E-state index contributed by atoms with van der Waals surface area (Å²) in [4.78, 5) is 2.67. The van der Waals surface area contributed by atoms with Crippen molar-refractivity contribution in [1.29, 1.82) is 5.26 Å². The third-order valence-corrected chi connectivity index (χ3v) is 6.91. The van der Waals surface area contributed by atoms with Gasteiger partial charge < -0.3 is 0 Å². The van der Waals surface area contributed by atoms with Crippen LogP contribution in [0.1, 0.15) is 30.9 Å². The monoisotopic (exact) mass is 319 g/mol. The van der Waals surface area contributed by atoms with E-state index in [1.165, 1.54) is 6.07 Å². The summed E-state index contributed by atoms with van der Waals surface area (Å²) in [5.41, 5.74) is 1.08. The molecular weight excluding hydrogens is 298 g/mol. The Morgan fingerprint density at radius 2 is 2.09 bits per heavy atom. The molecule has 0 spiro atoms. The summed E-state index contributed by atoms with van der Waals surface area (Å²) < 4.78 is 27.8. The molecule has 5 nitrogen and oxygen atoms in total. The average Bonchev–Trinajstić information content (AvgIpc) is 2.93. The van der Waals surface area contributed by atoms with Gasteiger partial charge in [0.25, 0.3) is 0 Å². The molecule has 2 fully saturated rings. The van der Waals surface area contributed by atoms with Crippen LogP contribution in [0.2, 0.25) is 0 Å². The highest BCUT2D eigenvalue weighted by Gasteiger charge is 2.40. The lowest BCUT2D eigenvalue weighted by atomic mass is 10.1. The van der Waals surface area contributed by atoms with Crippen molar-refractivity contribution in [2.75, 3.05) is 19.6 Å². The number of benzene rings is 1. The van der Waals surface area contributed by atoms with E-state index in [-0.39, 0.29) is 10.9 Å². The molecule has 2 heterocycles. The predicted octanol–water partition coefficient (Wildman–Crippen LogP) is 1.72. The van der Waals surface area contributed by atoms with Gasteiger partial charge in [-0.2, -0.15) is 9.57 Å². The highest BCUT2D eigenvalue weighted by Crippen LogP contribution is 2.30. The summed E-state index contributed by atoms with van der Waals surface area (Å²) in [6.45, 7) is 6.17. The molecule has 2 saturated heterocycles. The van der Waals surface area contributed by atoms with Gasteiger partial charge in [-0.3, -0.25) is 4.90 Å². The van der Waals surface area contributed by atoms with Gasteiger partial charge in [-0.1, -0.05) is 6.07 Å². The third kappa shape index (κ3) is 2.54. The first-order valence-electron chi connectivity index (χ1n) is 7.70. The standard InChI is InChI=1S/C16H21N3O2S/c1-12-5-6-14(9-17)8-16(12)22(20,21)19-11-15-4-3-7-18(15)10-13(19)2/h5-6,8,13,15H,3-4,7,10-11H2,1-2H3/t13-,15-/m1/s1. The Hall–Kier alpha value is -1.42. The summed E-state index contributed by atoms with van der Waals surface area (Å²) in [5.74, 6) is 0. The van der Waals surface area contributed by atoms with E-state index in [4.69, 9.17) is 5.26 Å². The number of sulfonamides is 1. The second-order valence-electron chi connectivity index (χ2n) is 6.31. The molecule has 0 N–H and O–H groups in total. The molecule has 2 aliphatic heterocycles. The molecular formula is C16H21N3O2S. The number of hydrogen-bond donors (Lipinski definition) is 0. The van der Waals surface area contributed by atoms with Crippen LogP contribution in [-0.4, -0.2) is 49.3 Å². The van der Waals surface area contributed by atoms with E-state index >= 15 is 0 Å². The lowest BCUT2D eigenvalue weighted by Crippen LogP contribution is -2.56. The minimum Gasteiger partial charge on any atom is -0.297 e. The van der Waals surface area contributed by atoms with E-state index in [9.17, 15) is 8.42 Å². The van der Waals surface area contributed by atoms with Crippen molar-refractivity contribution in [2.24, 2.45) is 0 Å². The molecule has 2 aliphatic rings. The maximum absolute atomic E-state index is 13.1. The number of nitriles is 1. The summed E-state index contributed by atoms with van der Waals surface area (Å²) in [5, 5.41) is 9.04. The Kier molecular flexibility index (Phi) is 3.98. The number of fused-ring (bicyclic) bond motifs is 1. The Bertz CT molecular complexity index is 723. The average molecular weight is 319 g/mol. The number of piperazine rings is 1. The van der Waals surface area contributed by atoms with Gasteiger partial charge in [0.15, 0.2) is 0 Å². The van der Waals surface area contributed by atoms with Crippen LogP contribution in [0.4, 0.5) is 0 Å². The van der Waals surface area contributed by atoms with E-state index in [0.717, 1.165) is 25.9 Å². The van der Waals surface area contributed by atoms with Crippen LogP contribution in [-0.2, 0) is 10.0 Å². The maximum Gasteiger partial charge on any atom is 0.243 e. The molecule has 0 aliphatic carbocycles. The van der Waals surface area contributed by atoms with Gasteiger partial charge in [-0.05, 0) is 50.9 Å². The molecule has 22 heavy (non-hydrogen) atoms. The van der Waals surface area contributed by atoms with Gasteiger partial charge in [-0.15, -0.1) is 0 Å². The number of nitrogens with zero attached hydrogens (tertiary/aromatic N) is 3. The number of rotatable bonds is 2. The van der Waals surface area contributed by atoms with Crippen LogP contribution < -0.4 is 0 Å². The summed E-state index contributed by atoms with van der Waals surface area (Å²) in [7, 11) is -3.56. The Morgan fingerprint density at radius 1 is 1.32 bits per heavy atom. The van der Waals surface area contributed by atoms with Crippen molar-refractivity contribution < 1.29 is 8.42 Å². The Labute approximate surface area is 132 Å². The Balaban J connectivity index is 1.97. The van der Waals surface area contributed by atoms with Crippen molar-refractivity contribution in [3.63, 3.8) is 0 Å². The Morgan fingerprint density at radius 3 is 2.82 bits per heavy atom. The fourth-order valence-electron chi connectivity index (χ4n) is 3.57. The summed E-state index contributed by atoms with van der Waals surface area (Å²) in [6.07, 6.45) is 2.21. The molecule has 118 valence electrons. The zero-order valence-electron chi connectivity index (χ0n) is 13.0. The van der Waals surface area contributed by atoms with Crippen molar-refractivity contribution in [3.8, 4) is 6.07 Å². The minimum absolute atomic E-state index is 0.0375. The molecule has 6 heteroatoms. The van der Waals surface area contributed by atoms with Crippen molar-refractivity contribution in [1.82, 2.24) is 9.21 Å². The summed E-state index contributed by atoms with van der Waals surface area (Å²) in [6, 6.07) is 7.20. The first kappa shape index (κ1) is 15.5. The zero-order chi connectivity index (χ0) is 15.9. The van der Waals surface area contributed by atoms with E-state index in [2.05, 4.69) is 4.90 Å². The van der Waals surface area contributed by atoms with Gasteiger partial charge in [-0.25, -0.2) is 8.42 Å². The normalized spacial score (nSPS) is 26.6. The fraction of sp³-hybridized carbons (Fsp3) is 0.562. The fourth-order valence-corrected chi connectivity index (χ4v) is 5.48. The number of hydrogen-bond acceptors (Lipinski definition) is 4. The van der Waals surface area contributed by atoms with Crippen molar-refractivity contribution in [2.45, 2.75) is 43.7 Å². The first-order chi connectivity index (χ1) is 10.4. The molecule has 2 atom stereocenters. The molecule has 0 amide bonds. The van der Waals surface area contributed by atoms with Gasteiger partial charge in [0.2, 0.25) is 10.0 Å². The highest BCUT2D eigenvalue weighted by atomic mass is 32.2. The molecule has 0 bridgehead atoms. The van der Waals surface area contributed by atoms with Crippen LogP contribution in [0.25, 0.3) is 0 Å². The molecule has 0 radical (unpaired) electrons. The van der Waals surface area contributed by atoms with E-state index in [1.807, 2.05) is 13.0 Å². The summed E-state index contributed by atoms with van der Waals surface area (Å²) >= 11 is 0. The first-order valence-corrected chi connectivity index (χ1v) is 9.14. The quantitative estimate of drug-likeness (QED) is 0.832. The minimum atomic E-state index is -3.56. The van der Waals surface area contributed by atoms with E-state index in [0.29, 0.717) is 23.7 Å². The third-order valence-electron chi connectivity index (χ3n) is 4.78. The van der Waals surface area contributed by atoms with Crippen molar-refractivity contribution >= 4 is 10.0 Å². The zero-order valence-corrected chi connectivity index (χ0v) is 13.8. The van der Waals surface area contributed by atoms with E-state index < -0.39 is 10.0 Å². The second kappa shape index (κ2) is 5.65. The lowest BCUT2D eigenvalue weighted by Gasteiger charge is -2.41. The van der Waals surface area contributed by atoms with Crippen LogP contribution in [0.5, 0.6) is 0 Å². The molecule has 3 rings (SSSR count). The topological polar surface area (TPSA) is 64.4 Å². The molecule has 1 aromatic carbocycles. The van der Waals surface area contributed by atoms with Crippen LogP contribution in [0.3, 0.4) is 0 Å². The SMILES string of the molecule is Cc1ccc(C#N)cc1S(=O)(=O)N1C[C@H]2CCCN2C[C@H]1C. The van der Waals surface area contributed by atoms with Gasteiger partial charge in [0.05, 0.1) is 16.5 Å². The molecule has 0 unspecified atom stereocenters. The van der Waals surface area contributed by atoms with Gasteiger partial charge in [0.1, 0.15) is 0 Å². The van der Waals surface area contributed by atoms with Crippen LogP contribution in [0.15, 0.2) is 23.1 Å². The van der Waals surface area contributed by atoms with E-state index in [1.54, 1.807) is 23.4 Å². The maximum atomic E-state index is 13.1. The molecule has 0 aromatic heterocycles. The largest absolute Gasteiger partial charge is 0.297 e. The van der Waals surface area contributed by atoms with Crippen molar-refractivity contribution in [3.05, 3.63) is 29.3 Å². The van der Waals surface area contributed by atoms with Crippen LogP contribution in [0, 0.1) is 18.3 Å².